The minimum Gasteiger partial charge on any atom is -0.393 e. The number of aryl methyl sites for hydroxylation is 2. The van der Waals surface area contributed by atoms with Crippen molar-refractivity contribution in [1.82, 2.24) is 0 Å². The number of aliphatic hydroxyl groups is 1. The van der Waals surface area contributed by atoms with Crippen LogP contribution in [0.4, 0.5) is 0 Å². The summed E-state index contributed by atoms with van der Waals surface area (Å²) >= 11 is 0. The first-order chi connectivity index (χ1) is 8.38. The average molecular weight is 269 g/mol. The van der Waals surface area contributed by atoms with Gasteiger partial charge in [-0.25, -0.2) is 13.6 Å². The van der Waals surface area contributed by atoms with Crippen molar-refractivity contribution < 1.29 is 13.5 Å². The maximum Gasteiger partial charge on any atom is 0.238 e. The van der Waals surface area contributed by atoms with Crippen LogP contribution in [0.2, 0.25) is 0 Å². The number of nitrogens with two attached hydrogens (primary N) is 1. The molecule has 1 fully saturated rings. The lowest BCUT2D eigenvalue weighted by Gasteiger charge is -2.12. The summed E-state index contributed by atoms with van der Waals surface area (Å²) in [6.07, 6.45) is 2.98. The fourth-order valence-corrected chi connectivity index (χ4v) is 2.99. The molecule has 0 aliphatic heterocycles. The summed E-state index contributed by atoms with van der Waals surface area (Å²) in [6.45, 7) is 1.91. The van der Waals surface area contributed by atoms with Gasteiger partial charge in [-0.2, -0.15) is 0 Å². The normalized spacial score (nSPS) is 17.7. The molecule has 1 unspecified atom stereocenters. The molecule has 100 valence electrons. The van der Waals surface area contributed by atoms with Crippen molar-refractivity contribution >= 4 is 10.0 Å². The van der Waals surface area contributed by atoms with Crippen LogP contribution in [0.1, 0.15) is 30.4 Å². The zero-order valence-electron chi connectivity index (χ0n) is 10.5. The molecule has 1 atom stereocenters. The lowest BCUT2D eigenvalue weighted by atomic mass is 10.0. The first-order valence-corrected chi connectivity index (χ1v) is 7.73. The molecular formula is C13H19NO3S. The average Bonchev–Trinajstić information content (AvgIpc) is 3.07. The molecule has 0 saturated heterocycles. The molecule has 2 rings (SSSR count). The number of benzene rings is 1. The molecule has 4 nitrogen and oxygen atoms in total. The summed E-state index contributed by atoms with van der Waals surface area (Å²) in [5.41, 5.74) is 1.70. The van der Waals surface area contributed by atoms with E-state index in [0.717, 1.165) is 18.4 Å². The van der Waals surface area contributed by atoms with Crippen LogP contribution in [0.3, 0.4) is 0 Å². The number of aliphatic hydroxyl groups excluding tert-OH is 1. The van der Waals surface area contributed by atoms with Crippen molar-refractivity contribution in [3.63, 3.8) is 0 Å². The highest BCUT2D eigenvalue weighted by Gasteiger charge is 2.29. The predicted molar refractivity (Wildman–Crippen MR) is 69.6 cm³/mol. The van der Waals surface area contributed by atoms with Crippen LogP contribution in [-0.2, 0) is 16.4 Å². The molecule has 5 heteroatoms. The standard InChI is InChI=1S/C13H19NO3S/c1-9-2-7-13(18(14,16)17)11(8-9)5-6-12(15)10-3-4-10/h2,7-8,10,12,15H,3-6H2,1H3,(H2,14,16,17). The Bertz CT molecular complexity index is 535. The van der Waals surface area contributed by atoms with E-state index in [1.807, 2.05) is 13.0 Å². The quantitative estimate of drug-likeness (QED) is 0.846. The molecule has 0 bridgehead atoms. The lowest BCUT2D eigenvalue weighted by Crippen LogP contribution is -2.16. The van der Waals surface area contributed by atoms with Gasteiger partial charge in [0, 0.05) is 0 Å². The van der Waals surface area contributed by atoms with Crippen molar-refractivity contribution in [2.24, 2.45) is 11.1 Å². The van der Waals surface area contributed by atoms with Gasteiger partial charge in [0.05, 0.1) is 11.0 Å². The van der Waals surface area contributed by atoms with Crippen LogP contribution in [0.15, 0.2) is 23.1 Å². The monoisotopic (exact) mass is 269 g/mol. The third-order valence-corrected chi connectivity index (χ3v) is 4.41. The number of hydrogen-bond acceptors (Lipinski definition) is 3. The van der Waals surface area contributed by atoms with E-state index in [1.165, 1.54) is 0 Å². The molecule has 0 heterocycles. The van der Waals surface area contributed by atoms with Crippen LogP contribution >= 0.6 is 0 Å². The maximum absolute atomic E-state index is 11.5. The van der Waals surface area contributed by atoms with Crippen molar-refractivity contribution in [3.05, 3.63) is 29.3 Å². The molecule has 0 spiro atoms. The Morgan fingerprint density at radius 2 is 2.11 bits per heavy atom. The second-order valence-electron chi connectivity index (χ2n) is 5.10. The Morgan fingerprint density at radius 3 is 2.67 bits per heavy atom. The number of hydrogen-bond donors (Lipinski definition) is 2. The van der Waals surface area contributed by atoms with Crippen molar-refractivity contribution in [2.45, 2.75) is 43.6 Å². The Morgan fingerprint density at radius 1 is 1.44 bits per heavy atom. The Hall–Kier alpha value is -0.910. The zero-order chi connectivity index (χ0) is 13.3. The largest absolute Gasteiger partial charge is 0.393 e. The molecule has 1 aliphatic carbocycles. The maximum atomic E-state index is 11.5. The second kappa shape index (κ2) is 4.99. The van der Waals surface area contributed by atoms with Gasteiger partial charge in [-0.1, -0.05) is 17.7 Å². The highest BCUT2D eigenvalue weighted by molar-refractivity contribution is 7.89. The molecule has 1 aliphatic rings. The van der Waals surface area contributed by atoms with Gasteiger partial charge in [0.25, 0.3) is 0 Å². The molecule has 0 radical (unpaired) electrons. The van der Waals surface area contributed by atoms with Crippen LogP contribution in [-0.4, -0.2) is 19.6 Å². The summed E-state index contributed by atoms with van der Waals surface area (Å²) < 4.78 is 22.9. The first-order valence-electron chi connectivity index (χ1n) is 6.18. The van der Waals surface area contributed by atoms with Crippen molar-refractivity contribution in [3.8, 4) is 0 Å². The predicted octanol–water partition coefficient (Wildman–Crippen LogP) is 1.35. The summed E-state index contributed by atoms with van der Waals surface area (Å²) in [4.78, 5) is 0.177. The van der Waals surface area contributed by atoms with E-state index in [2.05, 4.69) is 0 Å². The number of sulfonamides is 1. The minimum absolute atomic E-state index is 0.177. The van der Waals surface area contributed by atoms with Crippen LogP contribution in [0.5, 0.6) is 0 Å². The molecule has 0 amide bonds. The lowest BCUT2D eigenvalue weighted by molar-refractivity contribution is 0.141. The van der Waals surface area contributed by atoms with E-state index in [1.54, 1.807) is 12.1 Å². The van der Waals surface area contributed by atoms with Crippen LogP contribution in [0, 0.1) is 12.8 Å². The third-order valence-electron chi connectivity index (χ3n) is 3.40. The van der Waals surface area contributed by atoms with E-state index in [-0.39, 0.29) is 11.0 Å². The van der Waals surface area contributed by atoms with E-state index < -0.39 is 10.0 Å². The first kappa shape index (κ1) is 13.5. The van der Waals surface area contributed by atoms with Gasteiger partial charge in [0.2, 0.25) is 10.0 Å². The van der Waals surface area contributed by atoms with Crippen LogP contribution in [0.25, 0.3) is 0 Å². The van der Waals surface area contributed by atoms with E-state index in [9.17, 15) is 13.5 Å². The fraction of sp³-hybridized carbons (Fsp3) is 0.538. The topological polar surface area (TPSA) is 80.4 Å². The summed E-state index contributed by atoms with van der Waals surface area (Å²) in [5, 5.41) is 15.0. The SMILES string of the molecule is Cc1ccc(S(N)(=O)=O)c(CCC(O)C2CC2)c1. The number of primary sulfonamides is 1. The molecule has 1 aromatic rings. The van der Waals surface area contributed by atoms with Gasteiger partial charge >= 0.3 is 0 Å². The Balaban J connectivity index is 2.17. The van der Waals surface area contributed by atoms with Gasteiger partial charge in [-0.15, -0.1) is 0 Å². The van der Waals surface area contributed by atoms with Crippen molar-refractivity contribution in [1.29, 1.82) is 0 Å². The third kappa shape index (κ3) is 3.31. The van der Waals surface area contributed by atoms with Gasteiger partial charge in [-0.05, 0) is 50.2 Å². The highest BCUT2D eigenvalue weighted by atomic mass is 32.2. The molecular weight excluding hydrogens is 250 g/mol. The van der Waals surface area contributed by atoms with Crippen LogP contribution < -0.4 is 5.14 Å². The Labute approximate surface area is 108 Å². The fourth-order valence-electron chi connectivity index (χ4n) is 2.20. The van der Waals surface area contributed by atoms with E-state index in [0.29, 0.717) is 24.3 Å². The zero-order valence-corrected chi connectivity index (χ0v) is 11.3. The molecule has 1 aromatic carbocycles. The molecule has 1 saturated carbocycles. The van der Waals surface area contributed by atoms with Gasteiger partial charge in [-0.3, -0.25) is 0 Å². The van der Waals surface area contributed by atoms with E-state index in [4.69, 9.17) is 5.14 Å². The molecule has 3 N–H and O–H groups in total. The minimum atomic E-state index is -3.68. The van der Waals surface area contributed by atoms with Gasteiger partial charge in [0.15, 0.2) is 0 Å². The number of rotatable bonds is 5. The van der Waals surface area contributed by atoms with Gasteiger partial charge in [0.1, 0.15) is 0 Å². The highest BCUT2D eigenvalue weighted by Crippen LogP contribution is 2.34. The summed E-state index contributed by atoms with van der Waals surface area (Å²) in [5.74, 6) is 0.410. The van der Waals surface area contributed by atoms with E-state index >= 15 is 0 Å². The second-order valence-corrected chi connectivity index (χ2v) is 6.63. The summed E-state index contributed by atoms with van der Waals surface area (Å²) in [7, 11) is -3.68. The summed E-state index contributed by atoms with van der Waals surface area (Å²) in [6, 6.07) is 5.11. The van der Waals surface area contributed by atoms with Gasteiger partial charge < -0.3 is 5.11 Å². The van der Waals surface area contributed by atoms with Crippen molar-refractivity contribution in [2.75, 3.05) is 0 Å². The Kier molecular flexibility index (Phi) is 3.75. The molecule has 18 heavy (non-hydrogen) atoms. The smallest absolute Gasteiger partial charge is 0.238 e. The molecule has 0 aromatic heterocycles.